The second-order valence-electron chi connectivity index (χ2n) is 5.38. The summed E-state index contributed by atoms with van der Waals surface area (Å²) in [7, 11) is 0. The summed E-state index contributed by atoms with van der Waals surface area (Å²) in [6.45, 7) is 7.42. The third-order valence-corrected chi connectivity index (χ3v) is 3.92. The van der Waals surface area contributed by atoms with E-state index in [0.717, 1.165) is 31.2 Å². The first-order valence-electron chi connectivity index (χ1n) is 7.33. The molecule has 0 amide bonds. The Balaban J connectivity index is 1.78. The standard InChI is InChI=1S/C15H23N3O2/c1-3-17(14-8-9-14)11-10-16-12(2)13-4-6-15(7-5-13)18(19)20/h4-7,12,14,16H,3,8-11H2,1-2H3. The fraction of sp³-hybridized carbons (Fsp3) is 0.600. The minimum Gasteiger partial charge on any atom is -0.309 e. The normalized spacial score (nSPS) is 16.4. The SMILES string of the molecule is CCN(CCNC(C)c1ccc([N+](=O)[O-])cc1)C1CC1. The van der Waals surface area contributed by atoms with Gasteiger partial charge in [0.05, 0.1) is 4.92 Å². The van der Waals surface area contributed by atoms with Crippen LogP contribution >= 0.6 is 0 Å². The molecule has 1 aliphatic rings. The topological polar surface area (TPSA) is 58.4 Å². The molecule has 2 rings (SSSR count). The summed E-state index contributed by atoms with van der Waals surface area (Å²) >= 11 is 0. The summed E-state index contributed by atoms with van der Waals surface area (Å²) in [6.07, 6.45) is 2.68. The lowest BCUT2D eigenvalue weighted by atomic mass is 10.1. The lowest BCUT2D eigenvalue weighted by Gasteiger charge is -2.21. The second kappa shape index (κ2) is 6.81. The molecule has 0 bridgehead atoms. The molecule has 20 heavy (non-hydrogen) atoms. The predicted octanol–water partition coefficient (Wildman–Crippen LogP) is 2.73. The molecule has 110 valence electrons. The number of nitrogens with zero attached hydrogens (tertiary/aromatic N) is 2. The van der Waals surface area contributed by atoms with Crippen LogP contribution in [0.3, 0.4) is 0 Å². The van der Waals surface area contributed by atoms with Crippen LogP contribution in [0, 0.1) is 10.1 Å². The Morgan fingerprint density at radius 3 is 2.55 bits per heavy atom. The van der Waals surface area contributed by atoms with E-state index in [-0.39, 0.29) is 16.7 Å². The van der Waals surface area contributed by atoms with Crippen molar-refractivity contribution >= 4 is 5.69 Å². The van der Waals surface area contributed by atoms with E-state index in [9.17, 15) is 10.1 Å². The van der Waals surface area contributed by atoms with Crippen molar-refractivity contribution in [2.75, 3.05) is 19.6 Å². The molecular formula is C15H23N3O2. The summed E-state index contributed by atoms with van der Waals surface area (Å²) in [4.78, 5) is 12.8. The van der Waals surface area contributed by atoms with Crippen molar-refractivity contribution in [3.8, 4) is 0 Å². The molecule has 0 saturated heterocycles. The number of nitrogens with one attached hydrogen (secondary N) is 1. The third kappa shape index (κ3) is 4.02. The van der Waals surface area contributed by atoms with Crippen molar-refractivity contribution in [2.45, 2.75) is 38.8 Å². The molecule has 1 aromatic rings. The lowest BCUT2D eigenvalue weighted by molar-refractivity contribution is -0.384. The number of rotatable bonds is 8. The largest absolute Gasteiger partial charge is 0.309 e. The van der Waals surface area contributed by atoms with E-state index in [1.54, 1.807) is 12.1 Å². The van der Waals surface area contributed by atoms with Crippen molar-refractivity contribution in [3.63, 3.8) is 0 Å². The molecular weight excluding hydrogens is 254 g/mol. The van der Waals surface area contributed by atoms with Gasteiger partial charge >= 0.3 is 0 Å². The first-order chi connectivity index (χ1) is 9.61. The van der Waals surface area contributed by atoms with E-state index >= 15 is 0 Å². The fourth-order valence-electron chi connectivity index (χ4n) is 2.47. The first kappa shape index (κ1) is 14.9. The molecule has 1 N–H and O–H groups in total. The zero-order chi connectivity index (χ0) is 14.5. The average molecular weight is 277 g/mol. The van der Waals surface area contributed by atoms with Gasteiger partial charge in [0.15, 0.2) is 0 Å². The van der Waals surface area contributed by atoms with E-state index in [4.69, 9.17) is 0 Å². The average Bonchev–Trinajstić information content (AvgIpc) is 3.28. The highest BCUT2D eigenvalue weighted by Crippen LogP contribution is 2.26. The van der Waals surface area contributed by atoms with Crippen LogP contribution in [0.25, 0.3) is 0 Å². The van der Waals surface area contributed by atoms with Crippen LogP contribution < -0.4 is 5.32 Å². The van der Waals surface area contributed by atoms with E-state index in [0.29, 0.717) is 0 Å². The summed E-state index contributed by atoms with van der Waals surface area (Å²) < 4.78 is 0. The number of non-ortho nitro benzene ring substituents is 1. The molecule has 0 heterocycles. The van der Waals surface area contributed by atoms with Crippen LogP contribution in [0.5, 0.6) is 0 Å². The molecule has 5 nitrogen and oxygen atoms in total. The number of hydrogen-bond acceptors (Lipinski definition) is 4. The summed E-state index contributed by atoms with van der Waals surface area (Å²) in [5.74, 6) is 0. The molecule has 0 radical (unpaired) electrons. The number of benzene rings is 1. The van der Waals surface area contributed by atoms with Crippen LogP contribution in [-0.2, 0) is 0 Å². The van der Waals surface area contributed by atoms with Gasteiger partial charge in [0.2, 0.25) is 0 Å². The highest BCUT2D eigenvalue weighted by Gasteiger charge is 2.27. The van der Waals surface area contributed by atoms with Crippen molar-refractivity contribution < 1.29 is 4.92 Å². The third-order valence-electron chi connectivity index (χ3n) is 3.92. The number of nitro groups is 1. The minimum atomic E-state index is -0.364. The molecule has 1 aromatic carbocycles. The highest BCUT2D eigenvalue weighted by molar-refractivity contribution is 5.33. The molecule has 5 heteroatoms. The van der Waals surface area contributed by atoms with Crippen molar-refractivity contribution in [1.29, 1.82) is 0 Å². The van der Waals surface area contributed by atoms with Gasteiger partial charge < -0.3 is 5.32 Å². The Hall–Kier alpha value is -1.46. The smallest absolute Gasteiger partial charge is 0.269 e. The molecule has 0 spiro atoms. The Morgan fingerprint density at radius 1 is 1.40 bits per heavy atom. The van der Waals surface area contributed by atoms with Gasteiger partial charge in [-0.15, -0.1) is 0 Å². The summed E-state index contributed by atoms with van der Waals surface area (Å²) in [5, 5.41) is 14.1. The van der Waals surface area contributed by atoms with Crippen LogP contribution in [0.4, 0.5) is 5.69 Å². The highest BCUT2D eigenvalue weighted by atomic mass is 16.6. The van der Waals surface area contributed by atoms with Crippen LogP contribution in [0.1, 0.15) is 38.3 Å². The Bertz CT molecular complexity index is 443. The molecule has 1 saturated carbocycles. The fourth-order valence-corrected chi connectivity index (χ4v) is 2.47. The first-order valence-corrected chi connectivity index (χ1v) is 7.33. The molecule has 0 aliphatic heterocycles. The minimum absolute atomic E-state index is 0.145. The number of likely N-dealkylation sites (N-methyl/N-ethyl adjacent to an activating group) is 1. The van der Waals surface area contributed by atoms with E-state index in [1.807, 2.05) is 12.1 Å². The lowest BCUT2D eigenvalue weighted by Crippen LogP contribution is -2.34. The van der Waals surface area contributed by atoms with Gasteiger partial charge in [-0.3, -0.25) is 15.0 Å². The second-order valence-corrected chi connectivity index (χ2v) is 5.38. The number of nitro benzene ring substituents is 1. The Labute approximate surface area is 120 Å². The molecule has 1 fully saturated rings. The Morgan fingerprint density at radius 2 is 2.05 bits per heavy atom. The van der Waals surface area contributed by atoms with Crippen molar-refractivity contribution in [3.05, 3.63) is 39.9 Å². The molecule has 1 atom stereocenters. The van der Waals surface area contributed by atoms with Crippen molar-refractivity contribution in [1.82, 2.24) is 10.2 Å². The van der Waals surface area contributed by atoms with Crippen LogP contribution in [-0.4, -0.2) is 35.5 Å². The predicted molar refractivity (Wildman–Crippen MR) is 79.8 cm³/mol. The molecule has 1 unspecified atom stereocenters. The van der Waals surface area contributed by atoms with E-state index in [2.05, 4.69) is 24.1 Å². The van der Waals surface area contributed by atoms with E-state index in [1.165, 1.54) is 12.8 Å². The zero-order valence-electron chi connectivity index (χ0n) is 12.2. The van der Waals surface area contributed by atoms with Crippen LogP contribution in [0.15, 0.2) is 24.3 Å². The number of hydrogen-bond donors (Lipinski definition) is 1. The van der Waals surface area contributed by atoms with Gasteiger partial charge in [-0.2, -0.15) is 0 Å². The van der Waals surface area contributed by atoms with Gasteiger partial charge in [-0.05, 0) is 31.9 Å². The summed E-state index contributed by atoms with van der Waals surface area (Å²) in [5.41, 5.74) is 1.23. The quantitative estimate of drug-likeness (QED) is 0.586. The maximum Gasteiger partial charge on any atom is 0.269 e. The zero-order valence-corrected chi connectivity index (χ0v) is 12.2. The van der Waals surface area contributed by atoms with Crippen LogP contribution in [0.2, 0.25) is 0 Å². The van der Waals surface area contributed by atoms with Gasteiger partial charge in [0, 0.05) is 37.3 Å². The maximum absolute atomic E-state index is 10.6. The van der Waals surface area contributed by atoms with Gasteiger partial charge in [0.1, 0.15) is 0 Å². The van der Waals surface area contributed by atoms with Gasteiger partial charge in [-0.1, -0.05) is 19.1 Å². The Kier molecular flexibility index (Phi) is 5.09. The van der Waals surface area contributed by atoms with Gasteiger partial charge in [0.25, 0.3) is 5.69 Å². The molecule has 0 aromatic heterocycles. The van der Waals surface area contributed by atoms with Crippen molar-refractivity contribution in [2.24, 2.45) is 0 Å². The summed E-state index contributed by atoms with van der Waals surface area (Å²) in [6, 6.07) is 7.81. The molecule has 1 aliphatic carbocycles. The monoisotopic (exact) mass is 277 g/mol. The van der Waals surface area contributed by atoms with Gasteiger partial charge in [-0.25, -0.2) is 0 Å². The maximum atomic E-state index is 10.6. The van der Waals surface area contributed by atoms with E-state index < -0.39 is 0 Å².